The maximum Gasteiger partial charge on any atom is 0.401 e. The van der Waals surface area contributed by atoms with E-state index >= 15 is 0 Å². The molecule has 112 valence electrons. The summed E-state index contributed by atoms with van der Waals surface area (Å²) in [6, 6.07) is 8.10. The lowest BCUT2D eigenvalue weighted by atomic mass is 10.1. The van der Waals surface area contributed by atoms with Crippen molar-refractivity contribution in [2.75, 3.05) is 44.2 Å². The van der Waals surface area contributed by atoms with E-state index in [2.05, 4.69) is 4.90 Å². The van der Waals surface area contributed by atoms with Crippen LogP contribution in [0, 0.1) is 0 Å². The number of hydrogen-bond donors (Lipinski definition) is 1. The van der Waals surface area contributed by atoms with E-state index < -0.39 is 12.7 Å². The van der Waals surface area contributed by atoms with Crippen molar-refractivity contribution >= 4 is 5.69 Å². The van der Waals surface area contributed by atoms with E-state index in [1.807, 2.05) is 24.3 Å². The molecule has 0 radical (unpaired) electrons. The van der Waals surface area contributed by atoms with Crippen LogP contribution >= 0.6 is 0 Å². The van der Waals surface area contributed by atoms with Gasteiger partial charge in [-0.05, 0) is 30.7 Å². The molecule has 0 spiro atoms. The second kappa shape index (κ2) is 6.45. The Morgan fingerprint density at radius 2 is 1.60 bits per heavy atom. The van der Waals surface area contributed by atoms with Crippen molar-refractivity contribution in [2.45, 2.75) is 12.6 Å². The molecule has 1 aromatic rings. The molecular weight excluding hydrogens is 267 g/mol. The molecule has 1 aliphatic rings. The smallest absolute Gasteiger partial charge is 0.369 e. The summed E-state index contributed by atoms with van der Waals surface area (Å²) in [7, 11) is 0. The molecule has 0 bridgehead atoms. The maximum atomic E-state index is 12.3. The van der Waals surface area contributed by atoms with Gasteiger partial charge in [-0.2, -0.15) is 13.2 Å². The first-order valence-electron chi connectivity index (χ1n) is 6.81. The fraction of sp³-hybridized carbons (Fsp3) is 0.571. The first kappa shape index (κ1) is 15.1. The minimum Gasteiger partial charge on any atom is -0.369 e. The molecule has 2 N–H and O–H groups in total. The zero-order valence-corrected chi connectivity index (χ0v) is 11.4. The number of hydrogen-bond acceptors (Lipinski definition) is 3. The van der Waals surface area contributed by atoms with Gasteiger partial charge in [0.1, 0.15) is 0 Å². The fourth-order valence-electron chi connectivity index (χ4n) is 2.46. The summed E-state index contributed by atoms with van der Waals surface area (Å²) in [6.07, 6.45) is -3.26. The van der Waals surface area contributed by atoms with Crippen molar-refractivity contribution < 1.29 is 13.2 Å². The summed E-state index contributed by atoms with van der Waals surface area (Å²) in [5, 5.41) is 0. The second-order valence-corrected chi connectivity index (χ2v) is 5.08. The Morgan fingerprint density at radius 1 is 1.00 bits per heavy atom. The van der Waals surface area contributed by atoms with Gasteiger partial charge >= 0.3 is 6.18 Å². The van der Waals surface area contributed by atoms with Gasteiger partial charge in [0.2, 0.25) is 0 Å². The Kier molecular flexibility index (Phi) is 4.88. The molecule has 0 unspecified atom stereocenters. The van der Waals surface area contributed by atoms with Crippen LogP contribution in [0.4, 0.5) is 18.9 Å². The van der Waals surface area contributed by atoms with E-state index in [1.54, 1.807) is 0 Å². The molecular formula is C14H20F3N3. The van der Waals surface area contributed by atoms with Crippen LogP contribution in [0.5, 0.6) is 0 Å². The van der Waals surface area contributed by atoms with E-state index in [1.165, 1.54) is 10.5 Å². The van der Waals surface area contributed by atoms with Gasteiger partial charge < -0.3 is 10.6 Å². The van der Waals surface area contributed by atoms with Crippen LogP contribution in [0.3, 0.4) is 0 Å². The summed E-state index contributed by atoms with van der Waals surface area (Å²) < 4.78 is 36.9. The lowest BCUT2D eigenvalue weighted by Crippen LogP contribution is -2.49. The molecule has 1 heterocycles. The number of alkyl halides is 3. The van der Waals surface area contributed by atoms with E-state index in [0.29, 0.717) is 32.7 Å². The van der Waals surface area contributed by atoms with Gasteiger partial charge in [0.05, 0.1) is 6.54 Å². The van der Waals surface area contributed by atoms with Gasteiger partial charge in [0.25, 0.3) is 0 Å². The van der Waals surface area contributed by atoms with Gasteiger partial charge in [-0.1, -0.05) is 12.1 Å². The van der Waals surface area contributed by atoms with Crippen LogP contribution < -0.4 is 10.6 Å². The largest absolute Gasteiger partial charge is 0.401 e. The Labute approximate surface area is 117 Å². The highest BCUT2D eigenvalue weighted by molar-refractivity contribution is 5.48. The lowest BCUT2D eigenvalue weighted by Gasteiger charge is -2.36. The van der Waals surface area contributed by atoms with Gasteiger partial charge in [-0.3, -0.25) is 4.90 Å². The molecule has 20 heavy (non-hydrogen) atoms. The van der Waals surface area contributed by atoms with Crippen molar-refractivity contribution in [3.63, 3.8) is 0 Å². The Bertz CT molecular complexity index is 409. The van der Waals surface area contributed by atoms with Crippen LogP contribution in [0.1, 0.15) is 5.56 Å². The molecule has 1 aromatic carbocycles. The number of nitrogens with zero attached hydrogens (tertiary/aromatic N) is 2. The van der Waals surface area contributed by atoms with Crippen LogP contribution in [-0.2, 0) is 6.42 Å². The summed E-state index contributed by atoms with van der Waals surface area (Å²) >= 11 is 0. The van der Waals surface area contributed by atoms with Crippen LogP contribution in [0.25, 0.3) is 0 Å². The van der Waals surface area contributed by atoms with Gasteiger partial charge in [-0.25, -0.2) is 0 Å². The minimum absolute atomic E-state index is 0.448. The van der Waals surface area contributed by atoms with Gasteiger partial charge in [0, 0.05) is 31.9 Å². The van der Waals surface area contributed by atoms with E-state index in [9.17, 15) is 13.2 Å². The summed E-state index contributed by atoms with van der Waals surface area (Å²) in [4.78, 5) is 3.58. The molecule has 0 aromatic heterocycles. The van der Waals surface area contributed by atoms with Crippen molar-refractivity contribution in [1.82, 2.24) is 4.90 Å². The normalized spacial score (nSPS) is 17.5. The molecule has 0 amide bonds. The third-order valence-corrected chi connectivity index (χ3v) is 3.51. The predicted molar refractivity (Wildman–Crippen MR) is 73.9 cm³/mol. The molecule has 0 saturated carbocycles. The highest BCUT2D eigenvalue weighted by Gasteiger charge is 2.32. The van der Waals surface area contributed by atoms with E-state index in [0.717, 1.165) is 12.1 Å². The number of anilines is 1. The number of nitrogens with two attached hydrogens (primary N) is 1. The topological polar surface area (TPSA) is 32.5 Å². The van der Waals surface area contributed by atoms with E-state index in [-0.39, 0.29) is 0 Å². The van der Waals surface area contributed by atoms with Crippen molar-refractivity contribution in [2.24, 2.45) is 5.73 Å². The van der Waals surface area contributed by atoms with E-state index in [4.69, 9.17) is 5.73 Å². The molecule has 0 atom stereocenters. The zero-order chi connectivity index (χ0) is 14.6. The molecule has 0 aliphatic carbocycles. The highest BCUT2D eigenvalue weighted by Crippen LogP contribution is 2.20. The van der Waals surface area contributed by atoms with Gasteiger partial charge in [-0.15, -0.1) is 0 Å². The predicted octanol–water partition coefficient (Wildman–Crippen LogP) is 1.87. The minimum atomic E-state index is -4.11. The first-order valence-corrected chi connectivity index (χ1v) is 6.81. The zero-order valence-electron chi connectivity index (χ0n) is 11.4. The van der Waals surface area contributed by atoms with Gasteiger partial charge in [0.15, 0.2) is 0 Å². The number of rotatable bonds is 4. The standard InChI is InChI=1S/C14H20F3N3/c15-14(16,17)11-19-7-9-20(10-8-19)13-3-1-12(2-4-13)5-6-18/h1-4H,5-11,18H2. The molecule has 1 aliphatic heterocycles. The van der Waals surface area contributed by atoms with Crippen LogP contribution in [-0.4, -0.2) is 50.3 Å². The molecule has 2 rings (SSSR count). The third-order valence-electron chi connectivity index (χ3n) is 3.51. The van der Waals surface area contributed by atoms with Crippen molar-refractivity contribution in [1.29, 1.82) is 0 Å². The quantitative estimate of drug-likeness (QED) is 0.917. The highest BCUT2D eigenvalue weighted by atomic mass is 19.4. The fourth-order valence-corrected chi connectivity index (χ4v) is 2.46. The van der Waals surface area contributed by atoms with Crippen LogP contribution in [0.15, 0.2) is 24.3 Å². The summed E-state index contributed by atoms with van der Waals surface area (Å²) in [5.74, 6) is 0. The number of halogens is 3. The maximum absolute atomic E-state index is 12.3. The summed E-state index contributed by atoms with van der Waals surface area (Å²) in [5.41, 5.74) is 7.75. The molecule has 1 saturated heterocycles. The Hall–Kier alpha value is -1.27. The lowest BCUT2D eigenvalue weighted by molar-refractivity contribution is -0.146. The second-order valence-electron chi connectivity index (χ2n) is 5.08. The van der Waals surface area contributed by atoms with Crippen LogP contribution in [0.2, 0.25) is 0 Å². The average molecular weight is 287 g/mol. The molecule has 1 fully saturated rings. The molecule has 3 nitrogen and oxygen atoms in total. The number of benzene rings is 1. The average Bonchev–Trinajstić information content (AvgIpc) is 2.39. The number of piperazine rings is 1. The Balaban J connectivity index is 1.87. The summed E-state index contributed by atoms with van der Waals surface area (Å²) in [6.45, 7) is 1.97. The monoisotopic (exact) mass is 287 g/mol. The molecule has 6 heteroatoms. The van der Waals surface area contributed by atoms with Crippen molar-refractivity contribution in [3.8, 4) is 0 Å². The Morgan fingerprint density at radius 3 is 2.10 bits per heavy atom. The van der Waals surface area contributed by atoms with Crippen molar-refractivity contribution in [3.05, 3.63) is 29.8 Å². The third kappa shape index (κ3) is 4.38. The first-order chi connectivity index (χ1) is 9.48. The SMILES string of the molecule is NCCc1ccc(N2CCN(CC(F)(F)F)CC2)cc1.